The zero-order chi connectivity index (χ0) is 11.1. The summed E-state index contributed by atoms with van der Waals surface area (Å²) in [5.74, 6) is 1.58. The second-order valence-electron chi connectivity index (χ2n) is 4.61. The summed E-state index contributed by atoms with van der Waals surface area (Å²) >= 11 is 0. The van der Waals surface area contributed by atoms with E-state index >= 15 is 0 Å². The Morgan fingerprint density at radius 2 is 2.31 bits per heavy atom. The Balaban J connectivity index is 1.93. The van der Waals surface area contributed by atoms with E-state index in [4.69, 9.17) is 4.74 Å². The van der Waals surface area contributed by atoms with Crippen LogP contribution in [0.5, 0.6) is 5.75 Å². The average molecular weight is 217 g/mol. The molecule has 16 heavy (non-hydrogen) atoms. The van der Waals surface area contributed by atoms with Crippen molar-refractivity contribution in [1.29, 1.82) is 0 Å². The minimum atomic E-state index is 0.0837. The van der Waals surface area contributed by atoms with Crippen molar-refractivity contribution in [3.05, 3.63) is 29.3 Å². The van der Waals surface area contributed by atoms with Gasteiger partial charge in [-0.15, -0.1) is 0 Å². The maximum atomic E-state index is 11.5. The third kappa shape index (κ3) is 1.39. The minimum absolute atomic E-state index is 0.0837. The summed E-state index contributed by atoms with van der Waals surface area (Å²) < 4.78 is 5.48. The van der Waals surface area contributed by atoms with Crippen LogP contribution in [-0.4, -0.2) is 19.1 Å². The van der Waals surface area contributed by atoms with Crippen LogP contribution in [0.1, 0.15) is 24.0 Å². The van der Waals surface area contributed by atoms with E-state index in [1.807, 2.05) is 13.0 Å². The first-order valence-electron chi connectivity index (χ1n) is 5.79. The minimum Gasteiger partial charge on any atom is -0.493 e. The van der Waals surface area contributed by atoms with Crippen molar-refractivity contribution in [2.24, 2.45) is 5.92 Å². The number of ether oxygens (including phenoxy) is 1. The fourth-order valence-electron chi connectivity index (χ4n) is 2.57. The van der Waals surface area contributed by atoms with Gasteiger partial charge < -0.3 is 10.1 Å². The zero-order valence-electron chi connectivity index (χ0n) is 9.32. The summed E-state index contributed by atoms with van der Waals surface area (Å²) in [6.45, 7) is 3.55. The molecule has 2 heterocycles. The summed E-state index contributed by atoms with van der Waals surface area (Å²) in [7, 11) is 0. The van der Waals surface area contributed by atoms with E-state index in [2.05, 4.69) is 17.4 Å². The molecule has 0 spiro atoms. The third-order valence-corrected chi connectivity index (χ3v) is 3.65. The second kappa shape index (κ2) is 3.51. The first-order chi connectivity index (χ1) is 7.75. The maximum absolute atomic E-state index is 11.5. The Morgan fingerprint density at radius 1 is 1.44 bits per heavy atom. The van der Waals surface area contributed by atoms with Crippen LogP contribution >= 0.6 is 0 Å². The second-order valence-corrected chi connectivity index (χ2v) is 4.61. The highest BCUT2D eigenvalue weighted by atomic mass is 16.5. The maximum Gasteiger partial charge on any atom is 0.223 e. The van der Waals surface area contributed by atoms with Gasteiger partial charge in [0, 0.05) is 24.8 Å². The zero-order valence-corrected chi connectivity index (χ0v) is 9.32. The summed E-state index contributed by atoms with van der Waals surface area (Å²) in [5.41, 5.74) is 2.54. The lowest BCUT2D eigenvalue weighted by atomic mass is 9.89. The molecule has 1 aromatic carbocycles. The number of carbonyl (C=O) groups is 1. The van der Waals surface area contributed by atoms with Gasteiger partial charge in [-0.1, -0.05) is 19.1 Å². The van der Waals surface area contributed by atoms with Crippen molar-refractivity contribution in [3.8, 4) is 5.75 Å². The number of nitrogens with one attached hydrogen (secondary N) is 1. The molecule has 84 valence electrons. The number of rotatable bonds is 1. The fourth-order valence-corrected chi connectivity index (χ4v) is 2.57. The molecule has 0 unspecified atom stereocenters. The predicted octanol–water partition coefficient (Wildman–Crippen LogP) is 1.47. The Labute approximate surface area is 94.8 Å². The van der Waals surface area contributed by atoms with Crippen molar-refractivity contribution in [3.63, 3.8) is 0 Å². The topological polar surface area (TPSA) is 38.3 Å². The molecule has 0 radical (unpaired) electrons. The van der Waals surface area contributed by atoms with Crippen molar-refractivity contribution < 1.29 is 9.53 Å². The van der Waals surface area contributed by atoms with Gasteiger partial charge in [-0.3, -0.25) is 4.79 Å². The molecule has 2 aliphatic rings. The Bertz CT molecular complexity index is 442. The van der Waals surface area contributed by atoms with E-state index in [1.165, 1.54) is 11.1 Å². The lowest BCUT2D eigenvalue weighted by Crippen LogP contribution is -2.16. The number of amides is 1. The lowest BCUT2D eigenvalue weighted by Gasteiger charge is -2.13. The molecule has 1 fully saturated rings. The SMILES string of the molecule is C[C@@H]1C(=O)NC[C@H]1c1ccc2c(c1)CCO2. The van der Waals surface area contributed by atoms with E-state index in [9.17, 15) is 4.79 Å². The fraction of sp³-hybridized carbons (Fsp3) is 0.462. The highest BCUT2D eigenvalue weighted by molar-refractivity contribution is 5.82. The summed E-state index contributed by atoms with van der Waals surface area (Å²) in [5, 5.41) is 2.92. The van der Waals surface area contributed by atoms with E-state index in [-0.39, 0.29) is 11.8 Å². The predicted molar refractivity (Wildman–Crippen MR) is 60.6 cm³/mol. The van der Waals surface area contributed by atoms with Crippen LogP contribution in [0.4, 0.5) is 0 Å². The van der Waals surface area contributed by atoms with Crippen LogP contribution in [0.15, 0.2) is 18.2 Å². The quantitative estimate of drug-likeness (QED) is 0.773. The average Bonchev–Trinajstić information content (AvgIpc) is 2.86. The monoisotopic (exact) mass is 217 g/mol. The first-order valence-corrected chi connectivity index (χ1v) is 5.79. The van der Waals surface area contributed by atoms with E-state index in [0.717, 1.165) is 25.3 Å². The molecular formula is C13H15NO2. The molecule has 3 heteroatoms. The molecule has 3 nitrogen and oxygen atoms in total. The van der Waals surface area contributed by atoms with Gasteiger partial charge in [-0.2, -0.15) is 0 Å². The Morgan fingerprint density at radius 3 is 3.06 bits per heavy atom. The highest BCUT2D eigenvalue weighted by Gasteiger charge is 2.32. The molecule has 0 aliphatic carbocycles. The van der Waals surface area contributed by atoms with Crippen molar-refractivity contribution in [2.45, 2.75) is 19.3 Å². The van der Waals surface area contributed by atoms with Gasteiger partial charge in [0.15, 0.2) is 0 Å². The van der Waals surface area contributed by atoms with Gasteiger partial charge in [-0.25, -0.2) is 0 Å². The molecule has 0 aromatic heterocycles. The van der Waals surface area contributed by atoms with E-state index < -0.39 is 0 Å². The Kier molecular flexibility index (Phi) is 2.13. The molecular weight excluding hydrogens is 202 g/mol. The van der Waals surface area contributed by atoms with Gasteiger partial charge in [0.2, 0.25) is 5.91 Å². The summed E-state index contributed by atoms with van der Waals surface area (Å²) in [6, 6.07) is 6.32. The van der Waals surface area contributed by atoms with Crippen molar-refractivity contribution in [2.75, 3.05) is 13.2 Å². The van der Waals surface area contributed by atoms with Crippen LogP contribution in [0, 0.1) is 5.92 Å². The van der Waals surface area contributed by atoms with Gasteiger partial charge in [-0.05, 0) is 17.2 Å². The molecule has 2 atom stereocenters. The Hall–Kier alpha value is -1.51. The molecule has 1 saturated heterocycles. The normalized spacial score (nSPS) is 27.4. The molecule has 2 aliphatic heterocycles. The van der Waals surface area contributed by atoms with Gasteiger partial charge in [0.25, 0.3) is 0 Å². The lowest BCUT2D eigenvalue weighted by molar-refractivity contribution is -0.122. The molecule has 1 aromatic rings. The molecule has 0 saturated carbocycles. The standard InChI is InChI=1S/C13H15NO2/c1-8-11(7-14-13(8)15)9-2-3-12-10(6-9)4-5-16-12/h2-3,6,8,11H,4-5,7H2,1H3,(H,14,15)/t8-,11+/m0/s1. The summed E-state index contributed by atoms with van der Waals surface area (Å²) in [4.78, 5) is 11.5. The molecule has 1 amide bonds. The van der Waals surface area contributed by atoms with Crippen LogP contribution in [-0.2, 0) is 11.2 Å². The molecule has 0 bridgehead atoms. The van der Waals surface area contributed by atoms with Gasteiger partial charge >= 0.3 is 0 Å². The smallest absolute Gasteiger partial charge is 0.223 e. The van der Waals surface area contributed by atoms with Crippen molar-refractivity contribution in [1.82, 2.24) is 5.32 Å². The number of hydrogen-bond acceptors (Lipinski definition) is 2. The third-order valence-electron chi connectivity index (χ3n) is 3.65. The molecule has 3 rings (SSSR count). The number of hydrogen-bond donors (Lipinski definition) is 1. The van der Waals surface area contributed by atoms with Crippen LogP contribution in [0.25, 0.3) is 0 Å². The number of carbonyl (C=O) groups excluding carboxylic acids is 1. The number of fused-ring (bicyclic) bond motifs is 1. The number of benzene rings is 1. The molecule has 1 N–H and O–H groups in total. The summed E-state index contributed by atoms with van der Waals surface area (Å²) in [6.07, 6.45) is 0.992. The van der Waals surface area contributed by atoms with Crippen LogP contribution < -0.4 is 10.1 Å². The van der Waals surface area contributed by atoms with Crippen LogP contribution in [0.3, 0.4) is 0 Å². The van der Waals surface area contributed by atoms with E-state index in [0.29, 0.717) is 5.92 Å². The largest absolute Gasteiger partial charge is 0.493 e. The van der Waals surface area contributed by atoms with Crippen LogP contribution in [0.2, 0.25) is 0 Å². The highest BCUT2D eigenvalue weighted by Crippen LogP contribution is 2.33. The van der Waals surface area contributed by atoms with Gasteiger partial charge in [0.1, 0.15) is 5.75 Å². The van der Waals surface area contributed by atoms with Gasteiger partial charge in [0.05, 0.1) is 6.61 Å². The van der Waals surface area contributed by atoms with Crippen molar-refractivity contribution >= 4 is 5.91 Å². The van der Waals surface area contributed by atoms with E-state index in [1.54, 1.807) is 0 Å². The first kappa shape index (κ1) is 9.70.